The molecule has 1 amide bonds. The van der Waals surface area contributed by atoms with Crippen molar-refractivity contribution in [2.75, 3.05) is 6.54 Å². The number of hydrogen-bond donors (Lipinski definition) is 2. The summed E-state index contributed by atoms with van der Waals surface area (Å²) in [4.78, 5) is 26.5. The quantitative estimate of drug-likeness (QED) is 0.839. The number of carbonyl (C=O) groups is 2. The molecule has 0 radical (unpaired) electrons. The lowest BCUT2D eigenvalue weighted by molar-refractivity contribution is -0.142. The number of aliphatic carboxylic acids is 1. The maximum atomic E-state index is 12.5. The largest absolute Gasteiger partial charge is 0.481 e. The summed E-state index contributed by atoms with van der Waals surface area (Å²) in [6.45, 7) is 4.93. The monoisotopic (exact) mass is 332 g/mol. The molecule has 0 aromatic carbocycles. The van der Waals surface area contributed by atoms with Crippen molar-refractivity contribution < 1.29 is 27.9 Å². The second-order valence-corrected chi connectivity index (χ2v) is 5.70. The highest BCUT2D eigenvalue weighted by molar-refractivity contribution is 5.95. The van der Waals surface area contributed by atoms with Crippen LogP contribution in [0.25, 0.3) is 0 Å². The van der Waals surface area contributed by atoms with E-state index in [1.54, 1.807) is 0 Å². The predicted molar refractivity (Wildman–Crippen MR) is 76.9 cm³/mol. The lowest BCUT2D eigenvalue weighted by atomic mass is 9.97. The molecule has 8 heteroatoms. The molecule has 0 spiro atoms. The Kier molecular flexibility index (Phi) is 6.12. The van der Waals surface area contributed by atoms with Gasteiger partial charge in [0.15, 0.2) is 0 Å². The average Bonchev–Trinajstić information content (AvgIpc) is 2.41. The normalized spacial score (nSPS) is 13.0. The van der Waals surface area contributed by atoms with Crippen LogP contribution in [0, 0.1) is 18.8 Å². The number of aromatic nitrogens is 1. The second kappa shape index (κ2) is 7.43. The molecule has 1 unspecified atom stereocenters. The fourth-order valence-corrected chi connectivity index (χ4v) is 2.11. The number of amides is 1. The van der Waals surface area contributed by atoms with Gasteiger partial charge in [-0.15, -0.1) is 0 Å². The lowest BCUT2D eigenvalue weighted by Crippen LogP contribution is -2.34. The third-order valence-electron chi connectivity index (χ3n) is 3.24. The van der Waals surface area contributed by atoms with Crippen LogP contribution in [-0.4, -0.2) is 28.5 Å². The van der Waals surface area contributed by atoms with Crippen LogP contribution < -0.4 is 5.32 Å². The molecular formula is C15H19F3N2O3. The van der Waals surface area contributed by atoms with E-state index in [4.69, 9.17) is 5.11 Å². The Balaban J connectivity index is 2.80. The maximum Gasteiger partial charge on any atom is 0.433 e. The number of carbonyl (C=O) groups excluding carboxylic acids is 1. The topological polar surface area (TPSA) is 79.3 Å². The van der Waals surface area contributed by atoms with E-state index in [0.29, 0.717) is 6.42 Å². The maximum absolute atomic E-state index is 12.5. The van der Waals surface area contributed by atoms with Gasteiger partial charge in [0, 0.05) is 6.54 Å². The standard InChI is InChI=1S/C15H19F3N2O3/c1-8(2)6-10(14(22)23)7-19-13(21)11-4-5-12(15(16,17)18)20-9(11)3/h4-5,8,10H,6-7H2,1-3H3,(H,19,21)(H,22,23). The molecule has 1 atom stereocenters. The number of carboxylic acids is 1. The third kappa shape index (κ3) is 5.54. The van der Waals surface area contributed by atoms with Crippen molar-refractivity contribution in [1.82, 2.24) is 10.3 Å². The van der Waals surface area contributed by atoms with Crippen LogP contribution in [-0.2, 0) is 11.0 Å². The molecule has 0 bridgehead atoms. The van der Waals surface area contributed by atoms with E-state index >= 15 is 0 Å². The van der Waals surface area contributed by atoms with Gasteiger partial charge in [0.1, 0.15) is 5.69 Å². The summed E-state index contributed by atoms with van der Waals surface area (Å²) in [6.07, 6.45) is -4.19. The van der Waals surface area contributed by atoms with E-state index < -0.39 is 29.7 Å². The first-order valence-corrected chi connectivity index (χ1v) is 7.08. The van der Waals surface area contributed by atoms with Gasteiger partial charge < -0.3 is 10.4 Å². The number of rotatable bonds is 6. The lowest BCUT2D eigenvalue weighted by Gasteiger charge is -2.16. The minimum atomic E-state index is -4.58. The number of aryl methyl sites for hydroxylation is 1. The summed E-state index contributed by atoms with van der Waals surface area (Å²) in [5.74, 6) is -2.27. The average molecular weight is 332 g/mol. The van der Waals surface area contributed by atoms with E-state index in [0.717, 1.165) is 12.1 Å². The fraction of sp³-hybridized carbons (Fsp3) is 0.533. The Hall–Kier alpha value is -2.12. The highest BCUT2D eigenvalue weighted by Gasteiger charge is 2.33. The Bertz CT molecular complexity index is 586. The van der Waals surface area contributed by atoms with Crippen molar-refractivity contribution >= 4 is 11.9 Å². The number of nitrogens with zero attached hydrogens (tertiary/aromatic N) is 1. The first-order valence-electron chi connectivity index (χ1n) is 7.08. The molecular weight excluding hydrogens is 313 g/mol. The molecule has 0 saturated carbocycles. The van der Waals surface area contributed by atoms with Crippen molar-refractivity contribution in [1.29, 1.82) is 0 Å². The molecule has 0 aliphatic rings. The third-order valence-corrected chi connectivity index (χ3v) is 3.24. The Morgan fingerprint density at radius 2 is 1.91 bits per heavy atom. The zero-order valence-electron chi connectivity index (χ0n) is 13.1. The molecule has 5 nitrogen and oxygen atoms in total. The Labute approximate surface area is 131 Å². The van der Waals surface area contributed by atoms with Crippen LogP contribution in [0.1, 0.15) is 42.0 Å². The van der Waals surface area contributed by atoms with Gasteiger partial charge in [-0.3, -0.25) is 9.59 Å². The highest BCUT2D eigenvalue weighted by atomic mass is 19.4. The van der Waals surface area contributed by atoms with Crippen LogP contribution in [0.4, 0.5) is 13.2 Å². The number of halogens is 3. The molecule has 1 aromatic heterocycles. The number of nitrogens with one attached hydrogen (secondary N) is 1. The predicted octanol–water partition coefficient (Wildman–Crippen LogP) is 2.89. The van der Waals surface area contributed by atoms with E-state index in [1.165, 1.54) is 6.92 Å². The van der Waals surface area contributed by atoms with Crippen molar-refractivity contribution in [3.05, 3.63) is 29.1 Å². The summed E-state index contributed by atoms with van der Waals surface area (Å²) in [6, 6.07) is 1.77. The van der Waals surface area contributed by atoms with Gasteiger partial charge in [0.05, 0.1) is 17.2 Å². The van der Waals surface area contributed by atoms with Crippen molar-refractivity contribution in [3.63, 3.8) is 0 Å². The Morgan fingerprint density at radius 1 is 1.30 bits per heavy atom. The van der Waals surface area contributed by atoms with Crippen LogP contribution in [0.3, 0.4) is 0 Å². The van der Waals surface area contributed by atoms with Crippen molar-refractivity contribution in [2.45, 2.75) is 33.4 Å². The van der Waals surface area contributed by atoms with Gasteiger partial charge in [0.2, 0.25) is 0 Å². The fourth-order valence-electron chi connectivity index (χ4n) is 2.11. The van der Waals surface area contributed by atoms with Crippen LogP contribution in [0.15, 0.2) is 12.1 Å². The SMILES string of the molecule is Cc1nc(C(F)(F)F)ccc1C(=O)NCC(CC(C)C)C(=O)O. The molecule has 0 aliphatic heterocycles. The summed E-state index contributed by atoms with van der Waals surface area (Å²) in [7, 11) is 0. The molecule has 1 rings (SSSR count). The highest BCUT2D eigenvalue weighted by Crippen LogP contribution is 2.28. The minimum absolute atomic E-state index is 0.00770. The summed E-state index contributed by atoms with van der Waals surface area (Å²) in [5, 5.41) is 11.5. The number of pyridine rings is 1. The van der Waals surface area contributed by atoms with Gasteiger partial charge in [0.25, 0.3) is 5.91 Å². The molecule has 2 N–H and O–H groups in total. The van der Waals surface area contributed by atoms with Gasteiger partial charge in [-0.2, -0.15) is 13.2 Å². The summed E-state index contributed by atoms with van der Waals surface area (Å²) in [5.41, 5.74) is -1.14. The van der Waals surface area contributed by atoms with E-state index in [2.05, 4.69) is 10.3 Å². The zero-order chi connectivity index (χ0) is 17.8. The first-order chi connectivity index (χ1) is 10.5. The first kappa shape index (κ1) is 18.9. The second-order valence-electron chi connectivity index (χ2n) is 5.70. The molecule has 0 fully saturated rings. The number of carboxylic acid groups (broad SMARTS) is 1. The molecule has 0 saturated heterocycles. The molecule has 1 aromatic rings. The zero-order valence-corrected chi connectivity index (χ0v) is 13.1. The Morgan fingerprint density at radius 3 is 2.35 bits per heavy atom. The van der Waals surface area contributed by atoms with E-state index in [1.807, 2.05) is 13.8 Å². The summed E-state index contributed by atoms with van der Waals surface area (Å²) >= 11 is 0. The smallest absolute Gasteiger partial charge is 0.433 e. The van der Waals surface area contributed by atoms with E-state index in [-0.39, 0.29) is 23.7 Å². The van der Waals surface area contributed by atoms with Gasteiger partial charge >= 0.3 is 12.1 Å². The van der Waals surface area contributed by atoms with E-state index in [9.17, 15) is 22.8 Å². The van der Waals surface area contributed by atoms with Gasteiger partial charge in [-0.05, 0) is 31.4 Å². The van der Waals surface area contributed by atoms with Crippen LogP contribution >= 0.6 is 0 Å². The van der Waals surface area contributed by atoms with Gasteiger partial charge in [-0.1, -0.05) is 13.8 Å². The van der Waals surface area contributed by atoms with Crippen molar-refractivity contribution in [2.24, 2.45) is 11.8 Å². The number of hydrogen-bond acceptors (Lipinski definition) is 3. The number of alkyl halides is 3. The van der Waals surface area contributed by atoms with Crippen molar-refractivity contribution in [3.8, 4) is 0 Å². The minimum Gasteiger partial charge on any atom is -0.481 e. The molecule has 1 heterocycles. The van der Waals surface area contributed by atoms with Crippen LogP contribution in [0.5, 0.6) is 0 Å². The molecule has 23 heavy (non-hydrogen) atoms. The molecule has 128 valence electrons. The molecule has 0 aliphatic carbocycles. The van der Waals surface area contributed by atoms with Crippen LogP contribution in [0.2, 0.25) is 0 Å². The van der Waals surface area contributed by atoms with Gasteiger partial charge in [-0.25, -0.2) is 4.98 Å². The summed E-state index contributed by atoms with van der Waals surface area (Å²) < 4.78 is 37.6.